The lowest BCUT2D eigenvalue weighted by molar-refractivity contribution is -0.137. The first-order valence-electron chi connectivity index (χ1n) is 4.60. The van der Waals surface area contributed by atoms with Crippen LogP contribution in [0.15, 0.2) is 16.6 Å². The maximum Gasteiger partial charge on any atom is 0.416 e. The zero-order valence-electron chi connectivity index (χ0n) is 9.04. The topological polar surface area (TPSA) is 0 Å². The molecule has 0 N–H and O–H groups in total. The Bertz CT molecular complexity index is 383. The molecular weight excluding hydrogens is 304 g/mol. The molecule has 16 heavy (non-hydrogen) atoms. The highest BCUT2D eigenvalue weighted by atomic mass is 79.9. The Morgan fingerprint density at radius 2 is 1.62 bits per heavy atom. The largest absolute Gasteiger partial charge is 0.416 e. The summed E-state index contributed by atoms with van der Waals surface area (Å²) in [5.41, 5.74) is -0.959. The Balaban J connectivity index is 3.41. The quantitative estimate of drug-likeness (QED) is 0.539. The molecule has 1 aromatic rings. The van der Waals surface area contributed by atoms with Crippen LogP contribution >= 0.6 is 15.9 Å². The van der Waals surface area contributed by atoms with Gasteiger partial charge in [-0.15, -0.1) is 0 Å². The van der Waals surface area contributed by atoms with Crippen molar-refractivity contribution in [2.45, 2.75) is 25.8 Å². The number of halogens is 5. The summed E-state index contributed by atoms with van der Waals surface area (Å²) in [6.07, 6.45) is -4.51. The summed E-state index contributed by atoms with van der Waals surface area (Å²) in [5.74, 6) is -0.777. The summed E-state index contributed by atoms with van der Waals surface area (Å²) < 4.78 is 51.0. The van der Waals surface area contributed by atoms with E-state index in [2.05, 4.69) is 15.9 Å². The average Bonchev–Trinajstić information content (AvgIpc) is 1.97. The smallest absolute Gasteiger partial charge is 0.207 e. The maximum atomic E-state index is 13.6. The van der Waals surface area contributed by atoms with Crippen LogP contribution in [0.3, 0.4) is 0 Å². The molecule has 0 unspecified atom stereocenters. The first-order valence-corrected chi connectivity index (χ1v) is 8.89. The van der Waals surface area contributed by atoms with Crippen molar-refractivity contribution in [2.24, 2.45) is 0 Å². The van der Waals surface area contributed by atoms with Crippen LogP contribution in [0.2, 0.25) is 19.6 Å². The van der Waals surface area contributed by atoms with Crippen molar-refractivity contribution in [3.63, 3.8) is 0 Å². The van der Waals surface area contributed by atoms with Gasteiger partial charge in [0.2, 0.25) is 0 Å². The van der Waals surface area contributed by atoms with Crippen LogP contribution in [0, 0.1) is 5.82 Å². The van der Waals surface area contributed by atoms with Gasteiger partial charge in [-0.05, 0) is 17.3 Å². The molecule has 0 nitrogen and oxygen atoms in total. The molecule has 0 aliphatic carbocycles. The van der Waals surface area contributed by atoms with Gasteiger partial charge in [-0.2, -0.15) is 13.2 Å². The summed E-state index contributed by atoms with van der Waals surface area (Å²) in [6, 6.07) is 1.51. The number of hydrogen-bond acceptors (Lipinski definition) is 0. The van der Waals surface area contributed by atoms with E-state index in [1.807, 2.05) is 19.6 Å². The van der Waals surface area contributed by atoms with Crippen molar-refractivity contribution in [3.8, 4) is 0 Å². The van der Waals surface area contributed by atoms with E-state index in [1.165, 1.54) is 0 Å². The fourth-order valence-corrected chi connectivity index (χ4v) is 5.25. The molecule has 0 bridgehead atoms. The number of alkyl halides is 3. The van der Waals surface area contributed by atoms with E-state index in [-0.39, 0.29) is 4.47 Å². The Morgan fingerprint density at radius 1 is 1.12 bits per heavy atom. The number of benzene rings is 1. The Morgan fingerprint density at radius 3 is 1.94 bits per heavy atom. The molecule has 90 valence electrons. The lowest BCUT2D eigenvalue weighted by atomic mass is 10.2. The van der Waals surface area contributed by atoms with Crippen LogP contribution < -0.4 is 5.19 Å². The predicted octanol–water partition coefficient (Wildman–Crippen LogP) is 4.15. The molecule has 0 aliphatic heterocycles. The van der Waals surface area contributed by atoms with Gasteiger partial charge in [-0.1, -0.05) is 35.6 Å². The Kier molecular flexibility index (Phi) is 3.55. The predicted molar refractivity (Wildman–Crippen MR) is 62.1 cm³/mol. The summed E-state index contributed by atoms with van der Waals surface area (Å²) in [5, 5.41) is 0.389. The molecular formula is C10H11BrF4Si. The molecule has 1 aromatic carbocycles. The molecule has 1 rings (SSSR count). The van der Waals surface area contributed by atoms with Crippen LogP contribution in [0.1, 0.15) is 5.56 Å². The first kappa shape index (κ1) is 13.7. The van der Waals surface area contributed by atoms with Gasteiger partial charge in [0.25, 0.3) is 0 Å². The first-order chi connectivity index (χ1) is 7.03. The normalized spacial score (nSPS) is 13.0. The second-order valence-electron chi connectivity index (χ2n) is 4.56. The second kappa shape index (κ2) is 4.14. The van der Waals surface area contributed by atoms with Gasteiger partial charge in [0.1, 0.15) is 5.82 Å². The molecule has 6 heteroatoms. The third kappa shape index (κ3) is 2.85. The standard InChI is InChI=1S/C10H11BrF4Si/c1-16(2,3)9-7(11)4-6(5-8(9)12)10(13,14)15/h4-5H,1-3H3. The lowest BCUT2D eigenvalue weighted by Gasteiger charge is -2.20. The van der Waals surface area contributed by atoms with Crippen LogP contribution in [-0.2, 0) is 6.18 Å². The fourth-order valence-electron chi connectivity index (χ4n) is 1.45. The van der Waals surface area contributed by atoms with Gasteiger partial charge in [-0.3, -0.25) is 0 Å². The van der Waals surface area contributed by atoms with Gasteiger partial charge in [0.15, 0.2) is 0 Å². The fraction of sp³-hybridized carbons (Fsp3) is 0.400. The summed E-state index contributed by atoms with van der Waals surface area (Å²) >= 11 is 3.02. The lowest BCUT2D eigenvalue weighted by Crippen LogP contribution is -2.41. The van der Waals surface area contributed by atoms with Crippen LogP contribution in [0.4, 0.5) is 17.6 Å². The monoisotopic (exact) mass is 314 g/mol. The van der Waals surface area contributed by atoms with E-state index in [0.717, 1.165) is 6.07 Å². The van der Waals surface area contributed by atoms with Crippen molar-refractivity contribution in [2.75, 3.05) is 0 Å². The molecule has 0 aromatic heterocycles. The van der Waals surface area contributed by atoms with Crippen molar-refractivity contribution in [3.05, 3.63) is 28.0 Å². The molecule has 0 atom stereocenters. The Hall–Kier alpha value is -0.363. The molecule has 0 spiro atoms. The SMILES string of the molecule is C[Si](C)(C)c1c(F)cc(C(F)(F)F)cc1Br. The van der Waals surface area contributed by atoms with Gasteiger partial charge < -0.3 is 0 Å². The van der Waals surface area contributed by atoms with Crippen molar-refractivity contribution < 1.29 is 17.6 Å². The summed E-state index contributed by atoms with van der Waals surface area (Å²) in [4.78, 5) is 0. The summed E-state index contributed by atoms with van der Waals surface area (Å²) in [6.45, 7) is 5.64. The van der Waals surface area contributed by atoms with Crippen molar-refractivity contribution in [1.29, 1.82) is 0 Å². The number of hydrogen-bond donors (Lipinski definition) is 0. The van der Waals surface area contributed by atoms with E-state index >= 15 is 0 Å². The zero-order chi connectivity index (χ0) is 12.7. The van der Waals surface area contributed by atoms with Gasteiger partial charge >= 0.3 is 6.18 Å². The third-order valence-corrected chi connectivity index (χ3v) is 5.12. The molecule has 0 aliphatic rings. The van der Waals surface area contributed by atoms with Gasteiger partial charge in [0.05, 0.1) is 13.6 Å². The zero-order valence-corrected chi connectivity index (χ0v) is 11.6. The minimum Gasteiger partial charge on any atom is -0.207 e. The van der Waals surface area contributed by atoms with E-state index in [1.54, 1.807) is 0 Å². The third-order valence-electron chi connectivity index (χ3n) is 2.12. The highest BCUT2D eigenvalue weighted by Gasteiger charge is 2.34. The molecule has 0 heterocycles. The van der Waals surface area contributed by atoms with Crippen LogP contribution in [0.5, 0.6) is 0 Å². The Labute approximate surface area is 101 Å². The van der Waals surface area contributed by atoms with Crippen LogP contribution in [-0.4, -0.2) is 8.07 Å². The average molecular weight is 315 g/mol. The van der Waals surface area contributed by atoms with E-state index < -0.39 is 25.6 Å². The maximum absolute atomic E-state index is 13.6. The van der Waals surface area contributed by atoms with Crippen molar-refractivity contribution >= 4 is 29.2 Å². The minimum atomic E-state index is -4.51. The summed E-state index contributed by atoms with van der Waals surface area (Å²) in [7, 11) is -1.99. The van der Waals surface area contributed by atoms with E-state index in [9.17, 15) is 17.6 Å². The molecule has 0 fully saturated rings. The molecule has 0 radical (unpaired) electrons. The molecule has 0 amide bonds. The molecule has 0 saturated heterocycles. The number of rotatable bonds is 1. The minimum absolute atomic E-state index is 0.207. The second-order valence-corrected chi connectivity index (χ2v) is 10.4. The van der Waals surface area contributed by atoms with Gasteiger partial charge in [0, 0.05) is 4.47 Å². The molecule has 0 saturated carbocycles. The highest BCUT2D eigenvalue weighted by molar-refractivity contribution is 9.10. The van der Waals surface area contributed by atoms with E-state index in [0.29, 0.717) is 11.3 Å². The highest BCUT2D eigenvalue weighted by Crippen LogP contribution is 2.31. The van der Waals surface area contributed by atoms with Crippen LogP contribution in [0.25, 0.3) is 0 Å². The van der Waals surface area contributed by atoms with E-state index in [4.69, 9.17) is 0 Å². The van der Waals surface area contributed by atoms with Crippen molar-refractivity contribution in [1.82, 2.24) is 0 Å². The van der Waals surface area contributed by atoms with Gasteiger partial charge in [-0.25, -0.2) is 4.39 Å².